The van der Waals surface area contributed by atoms with E-state index in [0.29, 0.717) is 13.1 Å². The number of rotatable bonds is 5. The van der Waals surface area contributed by atoms with Gasteiger partial charge in [0.25, 0.3) is 0 Å². The molecule has 0 saturated carbocycles. The number of benzene rings is 1. The van der Waals surface area contributed by atoms with Crippen molar-refractivity contribution in [2.75, 3.05) is 6.54 Å². The Morgan fingerprint density at radius 1 is 1.47 bits per heavy atom. The number of likely N-dealkylation sites (N-methyl/N-ethyl adjacent to an activating group) is 1. The summed E-state index contributed by atoms with van der Waals surface area (Å²) in [4.78, 5) is 11.5. The molecule has 4 heteroatoms. The van der Waals surface area contributed by atoms with Crippen LogP contribution in [0.4, 0.5) is 4.39 Å². The van der Waals surface area contributed by atoms with Gasteiger partial charge in [-0.05, 0) is 44.0 Å². The Hall–Kier alpha value is -1.42. The van der Waals surface area contributed by atoms with Gasteiger partial charge >= 0.3 is 0 Å². The second-order valence-electron chi connectivity index (χ2n) is 4.07. The molecule has 0 aliphatic rings. The maximum Gasteiger partial charge on any atom is 0.236 e. The minimum absolute atomic E-state index is 0.0402. The second kappa shape index (κ2) is 6.35. The van der Waals surface area contributed by atoms with Crippen LogP contribution in [0.15, 0.2) is 18.2 Å². The van der Waals surface area contributed by atoms with Crippen molar-refractivity contribution in [2.45, 2.75) is 33.4 Å². The van der Waals surface area contributed by atoms with E-state index >= 15 is 0 Å². The highest BCUT2D eigenvalue weighted by atomic mass is 19.1. The van der Waals surface area contributed by atoms with Crippen molar-refractivity contribution in [1.82, 2.24) is 10.6 Å². The summed E-state index contributed by atoms with van der Waals surface area (Å²) in [5, 5.41) is 5.80. The largest absolute Gasteiger partial charge is 0.355 e. The third-order valence-corrected chi connectivity index (χ3v) is 2.65. The Balaban J connectivity index is 2.55. The molecule has 0 aliphatic heterocycles. The van der Waals surface area contributed by atoms with E-state index in [-0.39, 0.29) is 17.8 Å². The van der Waals surface area contributed by atoms with Crippen LogP contribution >= 0.6 is 0 Å². The Morgan fingerprint density at radius 2 is 2.18 bits per heavy atom. The molecule has 1 unspecified atom stereocenters. The second-order valence-corrected chi connectivity index (χ2v) is 4.07. The van der Waals surface area contributed by atoms with Gasteiger partial charge in [0, 0.05) is 13.1 Å². The van der Waals surface area contributed by atoms with E-state index < -0.39 is 0 Å². The van der Waals surface area contributed by atoms with Crippen LogP contribution in [-0.2, 0) is 11.3 Å². The van der Waals surface area contributed by atoms with Crippen LogP contribution in [0.3, 0.4) is 0 Å². The number of amides is 1. The molecule has 0 bridgehead atoms. The van der Waals surface area contributed by atoms with Gasteiger partial charge in [-0.3, -0.25) is 4.79 Å². The van der Waals surface area contributed by atoms with Gasteiger partial charge in [-0.2, -0.15) is 0 Å². The molecule has 94 valence electrons. The van der Waals surface area contributed by atoms with Crippen molar-refractivity contribution >= 4 is 5.91 Å². The molecule has 0 fully saturated rings. The van der Waals surface area contributed by atoms with Crippen molar-refractivity contribution in [3.05, 3.63) is 35.1 Å². The lowest BCUT2D eigenvalue weighted by Gasteiger charge is -2.14. The van der Waals surface area contributed by atoms with Crippen LogP contribution in [0.25, 0.3) is 0 Å². The third kappa shape index (κ3) is 4.15. The van der Waals surface area contributed by atoms with Gasteiger partial charge in [0.05, 0.1) is 6.04 Å². The number of carbonyl (C=O) groups is 1. The molecule has 0 aromatic heterocycles. The first-order valence-corrected chi connectivity index (χ1v) is 5.80. The Bertz CT molecular complexity index is 393. The molecule has 1 rings (SSSR count). The van der Waals surface area contributed by atoms with Gasteiger partial charge in [-0.15, -0.1) is 0 Å². The smallest absolute Gasteiger partial charge is 0.236 e. The highest BCUT2D eigenvalue weighted by Crippen LogP contribution is 2.09. The number of hydrogen-bond acceptors (Lipinski definition) is 2. The van der Waals surface area contributed by atoms with E-state index in [4.69, 9.17) is 0 Å². The normalized spacial score (nSPS) is 12.2. The lowest BCUT2D eigenvalue weighted by molar-refractivity contribution is -0.122. The van der Waals surface area contributed by atoms with Crippen LogP contribution in [-0.4, -0.2) is 18.5 Å². The van der Waals surface area contributed by atoms with Crippen LogP contribution in [0.2, 0.25) is 0 Å². The molecule has 1 aromatic carbocycles. The van der Waals surface area contributed by atoms with Crippen molar-refractivity contribution in [3.63, 3.8) is 0 Å². The number of hydrogen-bond donors (Lipinski definition) is 2. The number of halogens is 1. The molecule has 17 heavy (non-hydrogen) atoms. The van der Waals surface area contributed by atoms with Crippen molar-refractivity contribution in [1.29, 1.82) is 0 Å². The number of nitrogens with one attached hydrogen (secondary N) is 2. The fraction of sp³-hybridized carbons (Fsp3) is 0.462. The lowest BCUT2D eigenvalue weighted by Crippen LogP contribution is -2.41. The van der Waals surface area contributed by atoms with E-state index in [1.807, 2.05) is 13.8 Å². The Kier molecular flexibility index (Phi) is 5.10. The fourth-order valence-electron chi connectivity index (χ4n) is 1.51. The third-order valence-electron chi connectivity index (χ3n) is 2.65. The Morgan fingerprint density at radius 3 is 2.82 bits per heavy atom. The molecule has 0 radical (unpaired) electrons. The van der Waals surface area contributed by atoms with E-state index in [0.717, 1.165) is 11.1 Å². The van der Waals surface area contributed by atoms with E-state index in [1.54, 1.807) is 13.0 Å². The van der Waals surface area contributed by atoms with Crippen molar-refractivity contribution < 1.29 is 9.18 Å². The minimum atomic E-state index is -0.280. The molecule has 3 nitrogen and oxygen atoms in total. The van der Waals surface area contributed by atoms with Crippen molar-refractivity contribution in [3.8, 4) is 0 Å². The summed E-state index contributed by atoms with van der Waals surface area (Å²) in [6.07, 6.45) is 0. The van der Waals surface area contributed by atoms with E-state index in [1.165, 1.54) is 12.1 Å². The number of aryl methyl sites for hydroxylation is 1. The summed E-state index contributed by atoms with van der Waals surface area (Å²) < 4.78 is 13.0. The first-order valence-electron chi connectivity index (χ1n) is 5.80. The fourth-order valence-corrected chi connectivity index (χ4v) is 1.51. The number of carbonyl (C=O) groups excluding carboxylic acids is 1. The van der Waals surface area contributed by atoms with Crippen LogP contribution in [0, 0.1) is 12.7 Å². The van der Waals surface area contributed by atoms with E-state index in [2.05, 4.69) is 10.6 Å². The summed E-state index contributed by atoms with van der Waals surface area (Å²) in [5.41, 5.74) is 1.89. The summed E-state index contributed by atoms with van der Waals surface area (Å²) >= 11 is 0. The predicted octanol–water partition coefficient (Wildman–Crippen LogP) is 1.75. The van der Waals surface area contributed by atoms with E-state index in [9.17, 15) is 9.18 Å². The van der Waals surface area contributed by atoms with Gasteiger partial charge in [-0.25, -0.2) is 4.39 Å². The zero-order valence-electron chi connectivity index (χ0n) is 10.5. The summed E-state index contributed by atoms with van der Waals surface area (Å²) in [5.74, 6) is -0.292. The molecule has 1 atom stereocenters. The average molecular weight is 238 g/mol. The lowest BCUT2D eigenvalue weighted by atomic mass is 10.1. The van der Waals surface area contributed by atoms with Crippen LogP contribution < -0.4 is 10.6 Å². The van der Waals surface area contributed by atoms with Gasteiger partial charge in [0.15, 0.2) is 0 Å². The standard InChI is InChI=1S/C13H19FN2O/c1-4-15-13(17)10(3)16-8-11-7-12(14)6-5-9(11)2/h5-7,10,16H,4,8H2,1-3H3,(H,15,17). The molecule has 0 spiro atoms. The maximum absolute atomic E-state index is 13.0. The summed E-state index contributed by atoms with van der Waals surface area (Å²) in [6.45, 7) is 6.69. The predicted molar refractivity (Wildman–Crippen MR) is 66.1 cm³/mol. The first kappa shape index (κ1) is 13.6. The monoisotopic (exact) mass is 238 g/mol. The van der Waals surface area contributed by atoms with Gasteiger partial charge in [-0.1, -0.05) is 6.07 Å². The highest BCUT2D eigenvalue weighted by molar-refractivity contribution is 5.81. The summed E-state index contributed by atoms with van der Waals surface area (Å²) in [6, 6.07) is 4.39. The molecule has 1 aromatic rings. The average Bonchev–Trinajstić information content (AvgIpc) is 2.30. The zero-order valence-corrected chi connectivity index (χ0v) is 10.5. The molecule has 2 N–H and O–H groups in total. The molecule has 0 saturated heterocycles. The quantitative estimate of drug-likeness (QED) is 0.820. The molecule has 0 aliphatic carbocycles. The van der Waals surface area contributed by atoms with Crippen molar-refractivity contribution in [2.24, 2.45) is 0 Å². The van der Waals surface area contributed by atoms with Gasteiger partial charge in [0.1, 0.15) is 5.82 Å². The molecule has 1 amide bonds. The Labute approximate surface area is 101 Å². The highest BCUT2D eigenvalue weighted by Gasteiger charge is 2.11. The molecule has 0 heterocycles. The first-order chi connectivity index (χ1) is 8.04. The molecular formula is C13H19FN2O. The summed E-state index contributed by atoms with van der Waals surface area (Å²) in [7, 11) is 0. The van der Waals surface area contributed by atoms with Gasteiger partial charge in [0.2, 0.25) is 5.91 Å². The molecular weight excluding hydrogens is 219 g/mol. The zero-order chi connectivity index (χ0) is 12.8. The van der Waals surface area contributed by atoms with Gasteiger partial charge < -0.3 is 10.6 Å². The van der Waals surface area contributed by atoms with Crippen LogP contribution in [0.5, 0.6) is 0 Å². The minimum Gasteiger partial charge on any atom is -0.355 e. The SMILES string of the molecule is CCNC(=O)C(C)NCc1cc(F)ccc1C. The topological polar surface area (TPSA) is 41.1 Å². The maximum atomic E-state index is 13.0. The van der Waals surface area contributed by atoms with Crippen LogP contribution in [0.1, 0.15) is 25.0 Å².